The van der Waals surface area contributed by atoms with Crippen molar-refractivity contribution in [2.75, 3.05) is 20.1 Å². The van der Waals surface area contributed by atoms with E-state index in [4.69, 9.17) is 0 Å². The molecule has 1 saturated carbocycles. The molecule has 1 heterocycles. The molecule has 0 radical (unpaired) electrons. The predicted molar refractivity (Wildman–Crippen MR) is 110 cm³/mol. The first-order valence-electron chi connectivity index (χ1n) is 8.25. The van der Waals surface area contributed by atoms with E-state index in [1.807, 2.05) is 6.92 Å². The van der Waals surface area contributed by atoms with Crippen molar-refractivity contribution in [2.24, 2.45) is 4.99 Å². The lowest BCUT2D eigenvalue weighted by molar-refractivity contribution is -0.121. The maximum absolute atomic E-state index is 11.6. The van der Waals surface area contributed by atoms with Crippen LogP contribution in [0.5, 0.6) is 0 Å². The van der Waals surface area contributed by atoms with Crippen molar-refractivity contribution in [3.8, 4) is 0 Å². The molecule has 1 aromatic heterocycles. The monoisotopic (exact) mass is 465 g/mol. The molecule has 8 heteroatoms. The summed E-state index contributed by atoms with van der Waals surface area (Å²) in [5.74, 6) is 0.935. The fraction of sp³-hybridized carbons (Fsp3) is 0.688. The van der Waals surface area contributed by atoms with Gasteiger partial charge in [0.1, 0.15) is 0 Å². The van der Waals surface area contributed by atoms with Gasteiger partial charge in [0, 0.05) is 43.9 Å². The highest BCUT2D eigenvalue weighted by atomic mass is 127. The Morgan fingerprint density at radius 3 is 2.58 bits per heavy atom. The van der Waals surface area contributed by atoms with Gasteiger partial charge in [-0.15, -0.1) is 35.3 Å². The number of aryl methyl sites for hydroxylation is 2. The van der Waals surface area contributed by atoms with Crippen LogP contribution in [-0.4, -0.2) is 43.0 Å². The Kier molecular flexibility index (Phi) is 9.57. The molecule has 1 fully saturated rings. The molecule has 1 amide bonds. The largest absolute Gasteiger partial charge is 0.356 e. The third-order valence-corrected chi connectivity index (χ3v) is 4.88. The quantitative estimate of drug-likeness (QED) is 0.238. The molecule has 0 aromatic carbocycles. The fourth-order valence-electron chi connectivity index (χ4n) is 2.14. The predicted octanol–water partition coefficient (Wildman–Crippen LogP) is 2.14. The number of amides is 1. The van der Waals surface area contributed by atoms with E-state index < -0.39 is 0 Å². The average molecular weight is 465 g/mol. The molecule has 0 saturated heterocycles. The maximum Gasteiger partial charge on any atom is 0.220 e. The molecule has 2 rings (SSSR count). The van der Waals surface area contributed by atoms with Crippen LogP contribution in [0.25, 0.3) is 0 Å². The number of thiazole rings is 1. The van der Waals surface area contributed by atoms with E-state index in [-0.39, 0.29) is 29.9 Å². The summed E-state index contributed by atoms with van der Waals surface area (Å²) in [7, 11) is 1.76. The van der Waals surface area contributed by atoms with Crippen LogP contribution in [0.15, 0.2) is 4.99 Å². The van der Waals surface area contributed by atoms with Gasteiger partial charge in [-0.05, 0) is 33.1 Å². The molecule has 0 atom stereocenters. The summed E-state index contributed by atoms with van der Waals surface area (Å²) in [6, 6.07) is 0.447. The molecule has 0 unspecified atom stereocenters. The van der Waals surface area contributed by atoms with Crippen LogP contribution in [0.1, 0.15) is 41.3 Å². The molecule has 0 bridgehead atoms. The number of aliphatic imine (C=N–C) groups is 1. The van der Waals surface area contributed by atoms with E-state index >= 15 is 0 Å². The highest BCUT2D eigenvalue weighted by Gasteiger charge is 2.22. The third-order valence-electron chi connectivity index (χ3n) is 3.74. The Morgan fingerprint density at radius 2 is 2.00 bits per heavy atom. The third kappa shape index (κ3) is 7.78. The van der Waals surface area contributed by atoms with Crippen molar-refractivity contribution in [3.05, 3.63) is 15.6 Å². The number of guanidine groups is 1. The second-order valence-electron chi connectivity index (χ2n) is 5.87. The highest BCUT2D eigenvalue weighted by molar-refractivity contribution is 14.0. The number of carbonyl (C=O) groups is 1. The van der Waals surface area contributed by atoms with E-state index in [0.29, 0.717) is 12.5 Å². The van der Waals surface area contributed by atoms with Gasteiger partial charge in [-0.2, -0.15) is 0 Å². The molecule has 3 N–H and O–H groups in total. The number of rotatable bonds is 8. The van der Waals surface area contributed by atoms with Crippen molar-refractivity contribution < 1.29 is 4.79 Å². The van der Waals surface area contributed by atoms with Crippen LogP contribution in [-0.2, 0) is 11.2 Å². The van der Waals surface area contributed by atoms with Crippen LogP contribution >= 0.6 is 35.3 Å². The number of nitrogens with one attached hydrogen (secondary N) is 3. The lowest BCUT2D eigenvalue weighted by atomic mass is 10.3. The Labute approximate surface area is 165 Å². The van der Waals surface area contributed by atoms with Gasteiger partial charge in [0.05, 0.1) is 10.7 Å². The number of hydrogen-bond donors (Lipinski definition) is 3. The summed E-state index contributed by atoms with van der Waals surface area (Å²) < 4.78 is 0. The molecule has 136 valence electrons. The highest BCUT2D eigenvalue weighted by Crippen LogP contribution is 2.18. The smallest absolute Gasteiger partial charge is 0.220 e. The Hall–Kier alpha value is -0.900. The van der Waals surface area contributed by atoms with Crippen molar-refractivity contribution in [1.82, 2.24) is 20.9 Å². The molecule has 0 spiro atoms. The van der Waals surface area contributed by atoms with Gasteiger partial charge in [-0.3, -0.25) is 9.79 Å². The van der Waals surface area contributed by atoms with E-state index in [1.165, 1.54) is 4.88 Å². The first-order valence-corrected chi connectivity index (χ1v) is 9.07. The maximum atomic E-state index is 11.6. The van der Waals surface area contributed by atoms with Crippen LogP contribution in [0.2, 0.25) is 0 Å². The Morgan fingerprint density at radius 1 is 1.29 bits per heavy atom. The number of halogens is 1. The minimum atomic E-state index is 0. The first kappa shape index (κ1) is 21.1. The van der Waals surface area contributed by atoms with Crippen LogP contribution in [0.3, 0.4) is 0 Å². The summed E-state index contributed by atoms with van der Waals surface area (Å²) in [6.07, 6.45) is 4.55. The van der Waals surface area contributed by atoms with Crippen LogP contribution in [0.4, 0.5) is 0 Å². The minimum absolute atomic E-state index is 0. The molecule has 1 aliphatic carbocycles. The number of hydrogen-bond acceptors (Lipinski definition) is 4. The van der Waals surface area contributed by atoms with Crippen molar-refractivity contribution in [2.45, 2.75) is 52.0 Å². The van der Waals surface area contributed by atoms with E-state index in [1.54, 1.807) is 18.4 Å². The van der Waals surface area contributed by atoms with Crippen molar-refractivity contribution in [3.63, 3.8) is 0 Å². The normalized spacial score (nSPS) is 14.0. The summed E-state index contributed by atoms with van der Waals surface area (Å²) in [5, 5.41) is 10.7. The summed E-state index contributed by atoms with van der Waals surface area (Å²) >= 11 is 1.75. The second kappa shape index (κ2) is 10.9. The average Bonchev–Trinajstić information content (AvgIpc) is 3.27. The van der Waals surface area contributed by atoms with Crippen molar-refractivity contribution in [1.29, 1.82) is 0 Å². The van der Waals surface area contributed by atoms with E-state index in [2.05, 4.69) is 32.9 Å². The molecule has 1 aliphatic rings. The van der Waals surface area contributed by atoms with Crippen molar-refractivity contribution >= 4 is 47.2 Å². The van der Waals surface area contributed by atoms with Gasteiger partial charge in [-0.25, -0.2) is 4.98 Å². The summed E-state index contributed by atoms with van der Waals surface area (Å²) in [5.41, 5.74) is 1.12. The van der Waals surface area contributed by atoms with Gasteiger partial charge < -0.3 is 16.0 Å². The van der Waals surface area contributed by atoms with Gasteiger partial charge in [0.15, 0.2) is 5.96 Å². The van der Waals surface area contributed by atoms with Gasteiger partial charge in [-0.1, -0.05) is 0 Å². The zero-order chi connectivity index (χ0) is 16.7. The van der Waals surface area contributed by atoms with Gasteiger partial charge >= 0.3 is 0 Å². The second-order valence-corrected chi connectivity index (χ2v) is 7.16. The standard InChI is InChI=1S/C16H27N5OS.HI/c1-11-12(2)23-15(20-11)8-10-19-16(17-3)18-9-4-5-14(22)21-13-6-7-13;/h13H,4-10H2,1-3H3,(H,21,22)(H2,17,18,19);1H. The number of nitrogens with zero attached hydrogens (tertiary/aromatic N) is 2. The summed E-state index contributed by atoms with van der Waals surface area (Å²) in [4.78, 5) is 21.6. The zero-order valence-electron chi connectivity index (χ0n) is 14.6. The van der Waals surface area contributed by atoms with E-state index in [9.17, 15) is 4.79 Å². The molecular formula is C16H28IN5OS. The summed E-state index contributed by atoms with van der Waals surface area (Å²) in [6.45, 7) is 5.69. The molecule has 6 nitrogen and oxygen atoms in total. The topological polar surface area (TPSA) is 78.4 Å². The van der Waals surface area contributed by atoms with Gasteiger partial charge in [0.25, 0.3) is 0 Å². The fourth-order valence-corrected chi connectivity index (χ4v) is 3.07. The SMILES string of the molecule is CN=C(NCCCC(=O)NC1CC1)NCCc1nc(C)c(C)s1.I. The molecule has 1 aromatic rings. The lowest BCUT2D eigenvalue weighted by Crippen LogP contribution is -2.39. The Bertz CT molecular complexity index is 537. The van der Waals surface area contributed by atoms with Crippen LogP contribution in [0, 0.1) is 13.8 Å². The molecule has 0 aliphatic heterocycles. The lowest BCUT2D eigenvalue weighted by Gasteiger charge is -2.11. The van der Waals surface area contributed by atoms with Crippen LogP contribution < -0.4 is 16.0 Å². The van der Waals surface area contributed by atoms with Gasteiger partial charge in [0.2, 0.25) is 5.91 Å². The Balaban J connectivity index is 0.00000288. The molecular weight excluding hydrogens is 437 g/mol. The number of aromatic nitrogens is 1. The first-order chi connectivity index (χ1) is 11.1. The zero-order valence-corrected chi connectivity index (χ0v) is 17.8. The van der Waals surface area contributed by atoms with E-state index in [0.717, 1.165) is 55.4 Å². The number of carbonyl (C=O) groups excluding carboxylic acids is 1. The molecule has 24 heavy (non-hydrogen) atoms. The minimum Gasteiger partial charge on any atom is -0.356 e.